The number of carbonyl (C=O) groups excluding carboxylic acids is 4. The minimum Gasteiger partial charge on any atom is -0.426 e. The van der Waals surface area contributed by atoms with E-state index in [1.165, 1.54) is 18.2 Å². The van der Waals surface area contributed by atoms with E-state index < -0.39 is 29.3 Å². The van der Waals surface area contributed by atoms with E-state index in [0.29, 0.717) is 16.5 Å². The van der Waals surface area contributed by atoms with Gasteiger partial charge >= 0.3 is 11.6 Å². The van der Waals surface area contributed by atoms with Gasteiger partial charge in [0.25, 0.3) is 17.7 Å². The molecule has 168 valence electrons. The summed E-state index contributed by atoms with van der Waals surface area (Å²) in [6.45, 7) is 3.42. The highest BCUT2D eigenvalue weighted by Gasteiger charge is 2.35. The van der Waals surface area contributed by atoms with Crippen LogP contribution in [0.2, 0.25) is 0 Å². The topological polar surface area (TPSA) is 123 Å². The van der Waals surface area contributed by atoms with Crippen LogP contribution in [0.1, 0.15) is 51.3 Å². The lowest BCUT2D eigenvalue weighted by molar-refractivity contribution is -0.134. The van der Waals surface area contributed by atoms with Gasteiger partial charge in [0, 0.05) is 24.0 Å². The maximum absolute atomic E-state index is 12.4. The van der Waals surface area contributed by atoms with Gasteiger partial charge in [-0.2, -0.15) is 0 Å². The van der Waals surface area contributed by atoms with Crippen LogP contribution in [0.15, 0.2) is 57.7 Å². The van der Waals surface area contributed by atoms with Gasteiger partial charge in [0.15, 0.2) is 0 Å². The first-order chi connectivity index (χ1) is 15.7. The smallest absolute Gasteiger partial charge is 0.349 e. The molecule has 1 aliphatic rings. The zero-order chi connectivity index (χ0) is 23.7. The van der Waals surface area contributed by atoms with Crippen molar-refractivity contribution >= 4 is 34.7 Å². The molecule has 33 heavy (non-hydrogen) atoms. The maximum atomic E-state index is 12.4. The molecule has 0 aliphatic carbocycles. The predicted octanol–water partition coefficient (Wildman–Crippen LogP) is 2.52. The van der Waals surface area contributed by atoms with Gasteiger partial charge in [-0.25, -0.2) is 4.79 Å². The summed E-state index contributed by atoms with van der Waals surface area (Å²) in [6.07, 6.45) is -0.207. The second-order valence-corrected chi connectivity index (χ2v) is 7.81. The molecule has 0 fully saturated rings. The number of fused-ring (bicyclic) bond motifs is 2. The number of carbonyl (C=O) groups is 4. The van der Waals surface area contributed by atoms with Crippen molar-refractivity contribution in [2.24, 2.45) is 0 Å². The van der Waals surface area contributed by atoms with E-state index in [9.17, 15) is 24.0 Å². The summed E-state index contributed by atoms with van der Waals surface area (Å²) in [7, 11) is 0. The lowest BCUT2D eigenvalue weighted by Crippen LogP contribution is -2.33. The summed E-state index contributed by atoms with van der Waals surface area (Å²) in [4.78, 5) is 62.4. The zero-order valence-corrected chi connectivity index (χ0v) is 17.9. The Kier molecular flexibility index (Phi) is 5.78. The van der Waals surface area contributed by atoms with Gasteiger partial charge in [0.1, 0.15) is 16.9 Å². The van der Waals surface area contributed by atoms with E-state index in [4.69, 9.17) is 9.15 Å². The van der Waals surface area contributed by atoms with Gasteiger partial charge in [0.05, 0.1) is 17.5 Å². The van der Waals surface area contributed by atoms with Crippen LogP contribution in [0, 0.1) is 0 Å². The second-order valence-electron chi connectivity index (χ2n) is 7.81. The molecule has 3 aromatic rings. The lowest BCUT2D eigenvalue weighted by atomic mass is 10.1. The second kappa shape index (κ2) is 8.70. The fourth-order valence-corrected chi connectivity index (χ4v) is 3.48. The minimum atomic E-state index is -0.810. The molecule has 4 rings (SSSR count). The van der Waals surface area contributed by atoms with Crippen molar-refractivity contribution in [3.8, 4) is 5.75 Å². The summed E-state index contributed by atoms with van der Waals surface area (Å²) in [5, 5.41) is 3.11. The van der Waals surface area contributed by atoms with Crippen LogP contribution in [0.5, 0.6) is 5.75 Å². The van der Waals surface area contributed by atoms with Gasteiger partial charge in [-0.15, -0.1) is 0 Å². The molecule has 1 aliphatic heterocycles. The molecule has 2 aromatic carbocycles. The van der Waals surface area contributed by atoms with Crippen molar-refractivity contribution in [2.75, 3.05) is 6.54 Å². The average Bonchev–Trinajstić information content (AvgIpc) is 3.01. The summed E-state index contributed by atoms with van der Waals surface area (Å²) in [5.41, 5.74) is -0.174. The summed E-state index contributed by atoms with van der Waals surface area (Å²) < 4.78 is 10.5. The number of nitrogens with zero attached hydrogens (tertiary/aromatic N) is 1. The van der Waals surface area contributed by atoms with Crippen LogP contribution in [0.25, 0.3) is 11.0 Å². The Hall–Kier alpha value is -4.27. The first-order valence-corrected chi connectivity index (χ1v) is 10.3. The molecule has 0 bridgehead atoms. The standard InChI is InChI=1S/C24H20N2O7/c1-13(2)25-21(28)18-11-14-7-8-15(12-19(14)33-24(18)31)32-20(27)9-10-26-22(29)16-5-3-4-6-17(16)23(26)30/h3-8,11-13H,9-10H2,1-2H3,(H,25,28). The molecule has 1 aromatic heterocycles. The van der Waals surface area contributed by atoms with Crippen LogP contribution >= 0.6 is 0 Å². The highest BCUT2D eigenvalue weighted by atomic mass is 16.5. The molecular weight excluding hydrogens is 428 g/mol. The Labute approximate surface area is 187 Å². The molecule has 0 radical (unpaired) electrons. The molecule has 2 heterocycles. The Morgan fingerprint density at radius 3 is 2.30 bits per heavy atom. The van der Waals surface area contributed by atoms with Crippen molar-refractivity contribution in [2.45, 2.75) is 26.3 Å². The molecular formula is C24H20N2O7. The molecule has 0 saturated carbocycles. The van der Waals surface area contributed by atoms with Gasteiger partial charge in [-0.3, -0.25) is 24.1 Å². The van der Waals surface area contributed by atoms with E-state index in [1.807, 2.05) is 0 Å². The van der Waals surface area contributed by atoms with Gasteiger partial charge in [-0.05, 0) is 44.2 Å². The first kappa shape index (κ1) is 21.9. The summed E-state index contributed by atoms with van der Waals surface area (Å²) in [6, 6.07) is 12.1. The van der Waals surface area contributed by atoms with Crippen LogP contribution in [0.3, 0.4) is 0 Å². The van der Waals surface area contributed by atoms with E-state index in [2.05, 4.69) is 5.32 Å². The minimum absolute atomic E-state index is 0.123. The quantitative estimate of drug-likeness (QED) is 0.266. The number of benzene rings is 2. The van der Waals surface area contributed by atoms with E-state index in [0.717, 1.165) is 4.90 Å². The highest BCUT2D eigenvalue weighted by molar-refractivity contribution is 6.21. The number of ether oxygens (including phenoxy) is 1. The number of rotatable bonds is 6. The molecule has 9 heteroatoms. The van der Waals surface area contributed by atoms with E-state index >= 15 is 0 Å². The largest absolute Gasteiger partial charge is 0.426 e. The van der Waals surface area contributed by atoms with Crippen molar-refractivity contribution in [1.82, 2.24) is 10.2 Å². The van der Waals surface area contributed by atoms with E-state index in [1.54, 1.807) is 44.2 Å². The number of hydrogen-bond acceptors (Lipinski definition) is 7. The van der Waals surface area contributed by atoms with E-state index in [-0.39, 0.29) is 35.9 Å². The van der Waals surface area contributed by atoms with Gasteiger partial charge < -0.3 is 14.5 Å². The van der Waals surface area contributed by atoms with Gasteiger partial charge in [-0.1, -0.05) is 12.1 Å². The fraction of sp³-hybridized carbons (Fsp3) is 0.208. The van der Waals surface area contributed by atoms with Crippen LogP contribution in [-0.4, -0.2) is 41.2 Å². The fourth-order valence-electron chi connectivity index (χ4n) is 3.48. The van der Waals surface area contributed by atoms with Crippen molar-refractivity contribution in [1.29, 1.82) is 0 Å². The molecule has 0 saturated heterocycles. The van der Waals surface area contributed by atoms with Crippen LogP contribution in [-0.2, 0) is 4.79 Å². The highest BCUT2D eigenvalue weighted by Crippen LogP contribution is 2.24. The Balaban J connectivity index is 1.43. The summed E-state index contributed by atoms with van der Waals surface area (Å²) >= 11 is 0. The molecule has 0 unspecified atom stereocenters. The molecule has 3 amide bonds. The third-order valence-corrected chi connectivity index (χ3v) is 5.02. The monoisotopic (exact) mass is 448 g/mol. The Morgan fingerprint density at radius 1 is 1.00 bits per heavy atom. The zero-order valence-electron chi connectivity index (χ0n) is 17.9. The Bertz CT molecular complexity index is 1320. The number of hydrogen-bond donors (Lipinski definition) is 1. The molecule has 0 atom stereocenters. The third kappa shape index (κ3) is 4.38. The van der Waals surface area contributed by atoms with Gasteiger partial charge in [0.2, 0.25) is 0 Å². The number of imide groups is 1. The molecule has 9 nitrogen and oxygen atoms in total. The summed E-state index contributed by atoms with van der Waals surface area (Å²) in [5.74, 6) is -1.98. The number of nitrogens with one attached hydrogen (secondary N) is 1. The first-order valence-electron chi connectivity index (χ1n) is 10.3. The lowest BCUT2D eigenvalue weighted by Gasteiger charge is -2.13. The maximum Gasteiger partial charge on any atom is 0.349 e. The van der Waals surface area contributed by atoms with Crippen molar-refractivity contribution < 1.29 is 28.3 Å². The van der Waals surface area contributed by atoms with Crippen molar-refractivity contribution in [3.63, 3.8) is 0 Å². The predicted molar refractivity (Wildman–Crippen MR) is 117 cm³/mol. The number of amides is 3. The molecule has 0 spiro atoms. The Morgan fingerprint density at radius 2 is 1.67 bits per heavy atom. The number of esters is 1. The average molecular weight is 448 g/mol. The van der Waals surface area contributed by atoms with Crippen molar-refractivity contribution in [3.05, 3.63) is 75.6 Å². The van der Waals surface area contributed by atoms with Crippen LogP contribution < -0.4 is 15.7 Å². The van der Waals surface area contributed by atoms with Crippen LogP contribution in [0.4, 0.5) is 0 Å². The third-order valence-electron chi connectivity index (χ3n) is 5.02. The normalized spacial score (nSPS) is 12.9. The molecule has 1 N–H and O–H groups in total. The SMILES string of the molecule is CC(C)NC(=O)c1cc2ccc(OC(=O)CCN3C(=O)c4ccccc4C3=O)cc2oc1=O.